The maximum absolute atomic E-state index is 10.5. The Labute approximate surface area is 95.0 Å². The van der Waals surface area contributed by atoms with Gasteiger partial charge < -0.3 is 5.32 Å². The molecular weight excluding hydrogens is 210 g/mol. The normalized spacial score (nSPS) is 11.3. The third-order valence-corrected chi connectivity index (χ3v) is 2.27. The fourth-order valence-corrected chi connectivity index (χ4v) is 1.38. The number of hydrogen-bond donors (Lipinski definition) is 1. The van der Waals surface area contributed by atoms with Crippen molar-refractivity contribution in [2.24, 2.45) is 4.99 Å². The summed E-state index contributed by atoms with van der Waals surface area (Å²) in [6.07, 6.45) is 0.684. The van der Waals surface area contributed by atoms with Crippen molar-refractivity contribution in [2.75, 3.05) is 12.4 Å². The Hall–Kier alpha value is -1.29. The maximum atomic E-state index is 10.5. The van der Waals surface area contributed by atoms with Crippen molar-refractivity contribution < 1.29 is 4.79 Å². The first-order valence-electron chi connectivity index (χ1n) is 4.36. The molecule has 0 saturated carbocycles. The Morgan fingerprint density at radius 2 is 2.27 bits per heavy atom. The van der Waals surface area contributed by atoms with E-state index in [1.165, 1.54) is 0 Å². The van der Waals surface area contributed by atoms with Crippen molar-refractivity contribution in [1.82, 2.24) is 0 Å². The zero-order valence-corrected chi connectivity index (χ0v) is 9.30. The van der Waals surface area contributed by atoms with Gasteiger partial charge in [-0.15, -0.1) is 0 Å². The minimum atomic E-state index is 0.382. The Morgan fingerprint density at radius 1 is 1.60 bits per heavy atom. The van der Waals surface area contributed by atoms with Crippen molar-refractivity contribution in [3.8, 4) is 0 Å². The van der Waals surface area contributed by atoms with Crippen LogP contribution in [0.25, 0.3) is 0 Å². The number of benzene rings is 1. The van der Waals surface area contributed by atoms with Crippen molar-refractivity contribution in [3.05, 3.63) is 17.2 Å². The highest BCUT2D eigenvalue weighted by Crippen LogP contribution is 2.30. The number of aldehydes is 1. The second-order valence-electron chi connectivity index (χ2n) is 2.98. The van der Waals surface area contributed by atoms with E-state index in [0.29, 0.717) is 33.9 Å². The molecule has 0 aliphatic rings. The fraction of sp³-hybridized carbons (Fsp3) is 0.200. The van der Waals surface area contributed by atoms with E-state index >= 15 is 0 Å². The molecule has 0 aliphatic heterocycles. The SMILES string of the molecule is [B]c1ccc(N=C(C)C=O)c(NC)c1Cl. The van der Waals surface area contributed by atoms with Crippen LogP contribution in [0.5, 0.6) is 0 Å². The van der Waals surface area contributed by atoms with Gasteiger partial charge in [0.15, 0.2) is 6.29 Å². The van der Waals surface area contributed by atoms with Crippen LogP contribution in [0.15, 0.2) is 17.1 Å². The van der Waals surface area contributed by atoms with E-state index < -0.39 is 0 Å². The lowest BCUT2D eigenvalue weighted by Gasteiger charge is -2.09. The predicted octanol–water partition coefficient (Wildman–Crippen LogP) is 1.47. The van der Waals surface area contributed by atoms with E-state index in [1.54, 1.807) is 26.1 Å². The minimum Gasteiger partial charge on any atom is -0.385 e. The van der Waals surface area contributed by atoms with E-state index in [1.807, 2.05) is 0 Å². The molecule has 0 aliphatic carbocycles. The summed E-state index contributed by atoms with van der Waals surface area (Å²) in [5, 5.41) is 3.31. The fourth-order valence-electron chi connectivity index (χ4n) is 1.13. The largest absolute Gasteiger partial charge is 0.385 e. The third-order valence-electron chi connectivity index (χ3n) is 1.87. The highest BCUT2D eigenvalue weighted by atomic mass is 35.5. The average Bonchev–Trinajstić information content (AvgIpc) is 2.24. The Bertz CT molecular complexity index is 418. The molecule has 0 atom stereocenters. The van der Waals surface area contributed by atoms with E-state index in [0.717, 1.165) is 0 Å². The molecule has 76 valence electrons. The van der Waals surface area contributed by atoms with Gasteiger partial charge in [0, 0.05) is 7.05 Å². The number of nitrogens with one attached hydrogen (secondary N) is 1. The van der Waals surface area contributed by atoms with Gasteiger partial charge in [-0.05, 0) is 13.0 Å². The summed E-state index contributed by atoms with van der Waals surface area (Å²) in [6.45, 7) is 1.62. The molecule has 1 aromatic carbocycles. The number of rotatable bonds is 3. The van der Waals surface area contributed by atoms with Crippen LogP contribution in [0.3, 0.4) is 0 Å². The van der Waals surface area contributed by atoms with Crippen LogP contribution in [-0.4, -0.2) is 26.9 Å². The van der Waals surface area contributed by atoms with Crippen molar-refractivity contribution in [3.63, 3.8) is 0 Å². The van der Waals surface area contributed by atoms with Gasteiger partial charge >= 0.3 is 0 Å². The van der Waals surface area contributed by atoms with Crippen LogP contribution in [0.2, 0.25) is 5.02 Å². The molecule has 1 aromatic rings. The van der Waals surface area contributed by atoms with E-state index in [9.17, 15) is 4.79 Å². The summed E-state index contributed by atoms with van der Waals surface area (Å²) in [7, 11) is 7.36. The molecule has 2 radical (unpaired) electrons. The van der Waals surface area contributed by atoms with Crippen LogP contribution in [0.4, 0.5) is 11.4 Å². The molecule has 3 nitrogen and oxygen atoms in total. The van der Waals surface area contributed by atoms with Crippen LogP contribution in [0.1, 0.15) is 6.92 Å². The summed E-state index contributed by atoms with van der Waals surface area (Å²) in [5.41, 5.74) is 2.08. The summed E-state index contributed by atoms with van der Waals surface area (Å²) < 4.78 is 0. The van der Waals surface area contributed by atoms with Gasteiger partial charge in [0.25, 0.3) is 0 Å². The van der Waals surface area contributed by atoms with Gasteiger partial charge in [-0.3, -0.25) is 4.79 Å². The molecule has 0 amide bonds. The van der Waals surface area contributed by atoms with Crippen LogP contribution >= 0.6 is 11.6 Å². The summed E-state index contributed by atoms with van der Waals surface area (Å²) in [5.74, 6) is 0. The predicted molar refractivity (Wildman–Crippen MR) is 65.2 cm³/mol. The molecule has 0 fully saturated rings. The van der Waals surface area contributed by atoms with Gasteiger partial charge in [0.1, 0.15) is 7.85 Å². The molecule has 1 rings (SSSR count). The Morgan fingerprint density at radius 3 is 2.80 bits per heavy atom. The molecule has 15 heavy (non-hydrogen) atoms. The summed E-state index contributed by atoms with van der Waals surface area (Å²) >= 11 is 5.98. The number of hydrogen-bond acceptors (Lipinski definition) is 3. The Kier molecular flexibility index (Phi) is 3.92. The zero-order chi connectivity index (χ0) is 11.4. The molecule has 0 aromatic heterocycles. The highest BCUT2D eigenvalue weighted by molar-refractivity contribution is 6.47. The molecular formula is C10H10BClN2O. The smallest absolute Gasteiger partial charge is 0.163 e. The van der Waals surface area contributed by atoms with E-state index in [2.05, 4.69) is 10.3 Å². The lowest BCUT2D eigenvalue weighted by Crippen LogP contribution is -2.06. The average molecular weight is 220 g/mol. The van der Waals surface area contributed by atoms with Gasteiger partial charge in [-0.2, -0.15) is 0 Å². The second kappa shape index (κ2) is 4.98. The number of anilines is 1. The highest BCUT2D eigenvalue weighted by Gasteiger charge is 2.07. The van der Waals surface area contributed by atoms with Gasteiger partial charge in [-0.1, -0.05) is 23.1 Å². The molecule has 0 unspecified atom stereocenters. The molecule has 0 spiro atoms. The lowest BCUT2D eigenvalue weighted by atomic mass is 9.95. The van der Waals surface area contributed by atoms with Gasteiger partial charge in [0.05, 0.1) is 22.1 Å². The van der Waals surface area contributed by atoms with Crippen molar-refractivity contribution in [2.45, 2.75) is 6.92 Å². The first kappa shape index (κ1) is 11.8. The minimum absolute atomic E-state index is 0.382. The van der Waals surface area contributed by atoms with Gasteiger partial charge in [0.2, 0.25) is 0 Å². The third kappa shape index (κ3) is 2.60. The molecule has 0 bridgehead atoms. The van der Waals surface area contributed by atoms with Gasteiger partial charge in [-0.25, -0.2) is 4.99 Å². The van der Waals surface area contributed by atoms with Crippen molar-refractivity contribution in [1.29, 1.82) is 0 Å². The molecule has 1 N–H and O–H groups in total. The van der Waals surface area contributed by atoms with E-state index in [4.69, 9.17) is 19.4 Å². The summed E-state index contributed by atoms with van der Waals surface area (Å²) in [6, 6.07) is 3.36. The number of aliphatic imine (C=N–C) groups is 1. The quantitative estimate of drug-likeness (QED) is 0.476. The first-order valence-corrected chi connectivity index (χ1v) is 4.74. The number of carbonyl (C=O) groups excluding carboxylic acids is 1. The topological polar surface area (TPSA) is 41.5 Å². The van der Waals surface area contributed by atoms with Crippen LogP contribution < -0.4 is 10.8 Å². The molecule has 0 heterocycles. The number of carbonyl (C=O) groups is 1. The standard InChI is InChI=1S/C10H10BClN2O/c1-6(5-15)14-8-4-3-7(11)9(12)10(8)13-2/h3-5,13H,1-2H3. The lowest BCUT2D eigenvalue weighted by molar-refractivity contribution is -0.102. The summed E-state index contributed by atoms with van der Waals surface area (Å²) in [4.78, 5) is 14.5. The Balaban J connectivity index is 3.31. The molecule has 0 saturated heterocycles. The maximum Gasteiger partial charge on any atom is 0.163 e. The van der Waals surface area contributed by atoms with Crippen LogP contribution in [-0.2, 0) is 4.79 Å². The monoisotopic (exact) mass is 220 g/mol. The zero-order valence-electron chi connectivity index (χ0n) is 8.54. The number of nitrogens with zero attached hydrogens (tertiary/aromatic N) is 1. The number of halogens is 1. The first-order chi connectivity index (χ1) is 7.10. The molecule has 5 heteroatoms. The van der Waals surface area contributed by atoms with Crippen molar-refractivity contribution >= 4 is 48.3 Å². The van der Waals surface area contributed by atoms with Crippen LogP contribution in [0, 0.1) is 0 Å². The van der Waals surface area contributed by atoms with E-state index in [-0.39, 0.29) is 0 Å². The second-order valence-corrected chi connectivity index (χ2v) is 3.36.